The van der Waals surface area contributed by atoms with Crippen molar-refractivity contribution in [2.75, 3.05) is 25.3 Å². The fourth-order valence-electron chi connectivity index (χ4n) is 5.04. The standard InChI is InChI=1S/C35H29N5O4S2/c1-4-18-40-32(26-19-29(23-10-6-5-7-11-23)36-28-13-9-8-12-25(26)28)38-39-35(40)46-21-30(41)37-33-31(34(42)44-3)27(20-45-33)22-14-16-24(43-2)17-15-22/h4-17,19-20H,1,18,21H2,2-3H3,(H,37,41). The highest BCUT2D eigenvalue weighted by atomic mass is 32.2. The number of benzene rings is 3. The zero-order valence-electron chi connectivity index (χ0n) is 25.1. The Morgan fingerprint density at radius 3 is 2.46 bits per heavy atom. The molecule has 0 radical (unpaired) electrons. The predicted molar refractivity (Wildman–Crippen MR) is 183 cm³/mol. The van der Waals surface area contributed by atoms with Gasteiger partial charge in [0.15, 0.2) is 11.0 Å². The molecule has 0 atom stereocenters. The lowest BCUT2D eigenvalue weighted by atomic mass is 10.0. The maximum atomic E-state index is 13.2. The first-order chi connectivity index (χ1) is 22.5. The van der Waals surface area contributed by atoms with E-state index in [1.54, 1.807) is 13.2 Å². The monoisotopic (exact) mass is 647 g/mol. The average molecular weight is 648 g/mol. The highest BCUT2D eigenvalue weighted by Gasteiger charge is 2.23. The molecule has 0 unspecified atom stereocenters. The summed E-state index contributed by atoms with van der Waals surface area (Å²) in [6, 6.07) is 27.3. The van der Waals surface area contributed by atoms with Crippen LogP contribution in [0.1, 0.15) is 10.4 Å². The van der Waals surface area contributed by atoms with Crippen molar-refractivity contribution in [2.45, 2.75) is 11.7 Å². The first-order valence-corrected chi connectivity index (χ1v) is 16.1. The average Bonchev–Trinajstić information content (AvgIpc) is 3.71. The van der Waals surface area contributed by atoms with Crippen LogP contribution in [-0.4, -0.2) is 51.6 Å². The minimum absolute atomic E-state index is 0.0397. The van der Waals surface area contributed by atoms with Gasteiger partial charge in [-0.2, -0.15) is 0 Å². The summed E-state index contributed by atoms with van der Waals surface area (Å²) in [5.74, 6) is 0.552. The van der Waals surface area contributed by atoms with Gasteiger partial charge in [-0.3, -0.25) is 9.36 Å². The van der Waals surface area contributed by atoms with Crippen molar-refractivity contribution in [3.05, 3.63) is 109 Å². The van der Waals surface area contributed by atoms with Crippen LogP contribution in [0.15, 0.2) is 108 Å². The Bertz CT molecular complexity index is 2040. The van der Waals surface area contributed by atoms with E-state index in [1.807, 2.05) is 94.9 Å². The number of nitrogens with zero attached hydrogens (tertiary/aromatic N) is 4. The Morgan fingerprint density at radius 1 is 0.957 bits per heavy atom. The number of nitrogens with one attached hydrogen (secondary N) is 1. The number of rotatable bonds is 11. The molecule has 0 bridgehead atoms. The van der Waals surface area contributed by atoms with Crippen LogP contribution in [0.3, 0.4) is 0 Å². The van der Waals surface area contributed by atoms with Crippen molar-refractivity contribution in [1.29, 1.82) is 0 Å². The highest BCUT2D eigenvalue weighted by Crippen LogP contribution is 2.37. The van der Waals surface area contributed by atoms with Crippen molar-refractivity contribution in [1.82, 2.24) is 19.7 Å². The summed E-state index contributed by atoms with van der Waals surface area (Å²) >= 11 is 2.51. The van der Waals surface area contributed by atoms with Crippen molar-refractivity contribution in [3.63, 3.8) is 0 Å². The fraction of sp³-hybridized carbons (Fsp3) is 0.114. The lowest BCUT2D eigenvalue weighted by Gasteiger charge is -2.12. The minimum atomic E-state index is -0.537. The fourth-order valence-corrected chi connectivity index (χ4v) is 6.76. The molecule has 3 aromatic carbocycles. The molecule has 6 rings (SSSR count). The predicted octanol–water partition coefficient (Wildman–Crippen LogP) is 7.60. The van der Waals surface area contributed by atoms with E-state index in [1.165, 1.54) is 30.2 Å². The summed E-state index contributed by atoms with van der Waals surface area (Å²) in [6.07, 6.45) is 1.77. The third-order valence-corrected chi connectivity index (χ3v) is 9.08. The number of thiophene rings is 1. The third-order valence-electron chi connectivity index (χ3n) is 7.22. The summed E-state index contributed by atoms with van der Waals surface area (Å²) in [6.45, 7) is 4.37. The number of allylic oxidation sites excluding steroid dienone is 1. The molecule has 0 fully saturated rings. The highest BCUT2D eigenvalue weighted by molar-refractivity contribution is 7.99. The summed E-state index contributed by atoms with van der Waals surface area (Å²) in [5, 5.41) is 15.7. The molecule has 46 heavy (non-hydrogen) atoms. The lowest BCUT2D eigenvalue weighted by Crippen LogP contribution is -2.16. The molecule has 0 saturated carbocycles. The van der Waals surface area contributed by atoms with Gasteiger partial charge in [0.1, 0.15) is 16.3 Å². The summed E-state index contributed by atoms with van der Waals surface area (Å²) in [7, 11) is 2.91. The Labute approximate surface area is 273 Å². The molecule has 0 spiro atoms. The van der Waals surface area contributed by atoms with Gasteiger partial charge in [-0.1, -0.05) is 78.5 Å². The van der Waals surface area contributed by atoms with Gasteiger partial charge in [-0.05, 0) is 29.8 Å². The SMILES string of the molecule is C=CCn1c(SCC(=O)Nc2scc(-c3ccc(OC)cc3)c2C(=O)OC)nnc1-c1cc(-c2ccccc2)nc2ccccc12. The number of amides is 1. The topological polar surface area (TPSA) is 108 Å². The Kier molecular flexibility index (Phi) is 9.23. The Balaban J connectivity index is 1.27. The Morgan fingerprint density at radius 2 is 1.72 bits per heavy atom. The van der Waals surface area contributed by atoms with Crippen molar-refractivity contribution < 1.29 is 19.1 Å². The summed E-state index contributed by atoms with van der Waals surface area (Å²) in [4.78, 5) is 30.9. The number of carbonyl (C=O) groups is 2. The molecule has 0 saturated heterocycles. The third kappa shape index (κ3) is 6.28. The van der Waals surface area contributed by atoms with Gasteiger partial charge in [0.2, 0.25) is 5.91 Å². The number of aromatic nitrogens is 4. The first-order valence-electron chi connectivity index (χ1n) is 14.3. The molecule has 9 nitrogen and oxygen atoms in total. The number of para-hydroxylation sites is 1. The van der Waals surface area contributed by atoms with Crippen LogP contribution >= 0.6 is 23.1 Å². The van der Waals surface area contributed by atoms with Crippen molar-refractivity contribution >= 4 is 50.9 Å². The Hall–Kier alpha value is -5.26. The smallest absolute Gasteiger partial charge is 0.341 e. The molecule has 1 amide bonds. The van der Waals surface area contributed by atoms with Crippen molar-refractivity contribution in [2.24, 2.45) is 0 Å². The maximum Gasteiger partial charge on any atom is 0.341 e. The molecule has 1 N–H and O–H groups in total. The van der Waals surface area contributed by atoms with E-state index in [2.05, 4.69) is 22.1 Å². The number of methoxy groups -OCH3 is 2. The zero-order valence-corrected chi connectivity index (χ0v) is 26.7. The number of thioether (sulfide) groups is 1. The molecule has 6 aromatic rings. The molecular weight excluding hydrogens is 619 g/mol. The first kappa shape index (κ1) is 30.8. The number of esters is 1. The van der Waals surface area contributed by atoms with Gasteiger partial charge in [-0.25, -0.2) is 9.78 Å². The normalized spacial score (nSPS) is 10.9. The molecule has 230 valence electrons. The van der Waals surface area contributed by atoms with Gasteiger partial charge in [-0.15, -0.1) is 28.1 Å². The minimum Gasteiger partial charge on any atom is -0.497 e. The number of pyridine rings is 1. The number of hydrogen-bond donors (Lipinski definition) is 1. The number of carbonyl (C=O) groups excluding carboxylic acids is 2. The van der Waals surface area contributed by atoms with Crippen LogP contribution in [0.25, 0.3) is 44.7 Å². The second kappa shape index (κ2) is 13.8. The van der Waals surface area contributed by atoms with Gasteiger partial charge < -0.3 is 14.8 Å². The number of fused-ring (bicyclic) bond motifs is 1. The van der Waals surface area contributed by atoms with E-state index in [0.717, 1.165) is 33.3 Å². The summed E-state index contributed by atoms with van der Waals surface area (Å²) < 4.78 is 12.2. The van der Waals surface area contributed by atoms with Crippen LogP contribution in [0.4, 0.5) is 5.00 Å². The molecule has 0 aliphatic heterocycles. The summed E-state index contributed by atoms with van der Waals surface area (Å²) in [5.41, 5.74) is 5.29. The van der Waals surface area contributed by atoms with E-state index in [0.29, 0.717) is 39.4 Å². The van der Waals surface area contributed by atoms with Gasteiger partial charge in [0.25, 0.3) is 0 Å². The van der Waals surface area contributed by atoms with Gasteiger partial charge >= 0.3 is 5.97 Å². The molecule has 0 aliphatic carbocycles. The number of hydrogen-bond acceptors (Lipinski definition) is 9. The maximum absolute atomic E-state index is 13.2. The molecule has 0 aliphatic rings. The molecular formula is C35H29N5O4S2. The van der Waals surface area contributed by atoms with E-state index < -0.39 is 5.97 Å². The second-order valence-corrected chi connectivity index (χ2v) is 11.9. The van der Waals surface area contributed by atoms with Crippen LogP contribution in [-0.2, 0) is 16.1 Å². The van der Waals surface area contributed by atoms with Crippen LogP contribution in [0.5, 0.6) is 5.75 Å². The van der Waals surface area contributed by atoms with E-state index in [-0.39, 0.29) is 11.7 Å². The van der Waals surface area contributed by atoms with E-state index in [4.69, 9.17) is 14.5 Å². The largest absolute Gasteiger partial charge is 0.497 e. The lowest BCUT2D eigenvalue weighted by molar-refractivity contribution is -0.113. The second-order valence-electron chi connectivity index (χ2n) is 10.1. The quantitative estimate of drug-likeness (QED) is 0.0870. The van der Waals surface area contributed by atoms with Crippen molar-refractivity contribution in [3.8, 4) is 39.5 Å². The molecule has 3 aromatic heterocycles. The number of anilines is 1. The van der Waals surface area contributed by atoms with Gasteiger partial charge in [0, 0.05) is 34.0 Å². The van der Waals surface area contributed by atoms with Crippen LogP contribution in [0.2, 0.25) is 0 Å². The van der Waals surface area contributed by atoms with Crippen LogP contribution < -0.4 is 10.1 Å². The van der Waals surface area contributed by atoms with Crippen LogP contribution in [0, 0.1) is 0 Å². The van der Waals surface area contributed by atoms with E-state index >= 15 is 0 Å². The number of ether oxygens (including phenoxy) is 2. The molecule has 11 heteroatoms. The zero-order chi connectivity index (χ0) is 32.0. The van der Waals surface area contributed by atoms with E-state index in [9.17, 15) is 9.59 Å². The molecule has 3 heterocycles. The van der Waals surface area contributed by atoms with Gasteiger partial charge in [0.05, 0.1) is 31.2 Å².